The summed E-state index contributed by atoms with van der Waals surface area (Å²) in [6, 6.07) is 2.02. The zero-order valence-electron chi connectivity index (χ0n) is 10.4. The average Bonchev–Trinajstić information content (AvgIpc) is 2.85. The summed E-state index contributed by atoms with van der Waals surface area (Å²) < 4.78 is 6.06. The SMILES string of the molecule is Cc1noc(C)c1C(=O)N(C)Cc1cc(Br)cs1. The second-order valence-electron chi connectivity index (χ2n) is 4.09. The molecule has 6 heteroatoms. The van der Waals surface area contributed by atoms with Crippen LogP contribution in [-0.2, 0) is 6.54 Å². The van der Waals surface area contributed by atoms with Gasteiger partial charge in [0.2, 0.25) is 0 Å². The lowest BCUT2D eigenvalue weighted by molar-refractivity contribution is 0.0784. The average molecular weight is 329 g/mol. The van der Waals surface area contributed by atoms with Crippen LogP contribution in [0.3, 0.4) is 0 Å². The lowest BCUT2D eigenvalue weighted by Crippen LogP contribution is -2.26. The fourth-order valence-electron chi connectivity index (χ4n) is 1.72. The molecule has 0 saturated carbocycles. The molecule has 18 heavy (non-hydrogen) atoms. The van der Waals surface area contributed by atoms with Crippen molar-refractivity contribution in [3.63, 3.8) is 0 Å². The molecule has 0 aliphatic heterocycles. The highest BCUT2D eigenvalue weighted by Crippen LogP contribution is 2.22. The molecule has 1 amide bonds. The van der Waals surface area contributed by atoms with E-state index in [9.17, 15) is 4.79 Å². The molecule has 0 atom stereocenters. The van der Waals surface area contributed by atoms with Crippen molar-refractivity contribution >= 4 is 33.2 Å². The molecule has 2 aromatic heterocycles. The molecule has 0 saturated heterocycles. The quantitative estimate of drug-likeness (QED) is 0.867. The maximum absolute atomic E-state index is 12.3. The topological polar surface area (TPSA) is 46.3 Å². The first-order valence-electron chi connectivity index (χ1n) is 5.40. The van der Waals surface area contributed by atoms with Gasteiger partial charge in [-0.05, 0) is 35.8 Å². The summed E-state index contributed by atoms with van der Waals surface area (Å²) >= 11 is 5.02. The molecule has 0 spiro atoms. The van der Waals surface area contributed by atoms with E-state index in [4.69, 9.17) is 4.52 Å². The van der Waals surface area contributed by atoms with Gasteiger partial charge in [-0.3, -0.25) is 4.79 Å². The predicted molar refractivity (Wildman–Crippen MR) is 73.8 cm³/mol. The number of rotatable bonds is 3. The number of amides is 1. The molecule has 0 unspecified atom stereocenters. The Labute approximate surface area is 118 Å². The van der Waals surface area contributed by atoms with Gasteiger partial charge >= 0.3 is 0 Å². The number of halogens is 1. The Morgan fingerprint density at radius 3 is 2.78 bits per heavy atom. The van der Waals surface area contributed by atoms with Gasteiger partial charge in [0.25, 0.3) is 5.91 Å². The van der Waals surface area contributed by atoms with Gasteiger partial charge in [0, 0.05) is 21.8 Å². The Balaban J connectivity index is 2.14. The van der Waals surface area contributed by atoms with Crippen molar-refractivity contribution in [2.45, 2.75) is 20.4 Å². The van der Waals surface area contributed by atoms with E-state index in [1.54, 1.807) is 37.1 Å². The van der Waals surface area contributed by atoms with Crippen LogP contribution in [0.1, 0.15) is 26.7 Å². The zero-order chi connectivity index (χ0) is 13.3. The fraction of sp³-hybridized carbons (Fsp3) is 0.333. The number of aromatic nitrogens is 1. The number of hydrogen-bond acceptors (Lipinski definition) is 4. The summed E-state index contributed by atoms with van der Waals surface area (Å²) in [6.07, 6.45) is 0. The summed E-state index contributed by atoms with van der Waals surface area (Å²) in [5.41, 5.74) is 1.20. The van der Waals surface area contributed by atoms with Crippen LogP contribution in [0.25, 0.3) is 0 Å². The summed E-state index contributed by atoms with van der Waals surface area (Å²) in [6.45, 7) is 4.11. The molecule has 2 aromatic rings. The van der Waals surface area contributed by atoms with Crippen molar-refractivity contribution in [3.05, 3.63) is 37.8 Å². The second kappa shape index (κ2) is 5.24. The molecule has 0 aliphatic rings. The Kier molecular flexibility index (Phi) is 3.87. The van der Waals surface area contributed by atoms with Crippen molar-refractivity contribution in [3.8, 4) is 0 Å². The first-order valence-corrected chi connectivity index (χ1v) is 7.07. The van der Waals surface area contributed by atoms with Crippen molar-refractivity contribution in [2.75, 3.05) is 7.05 Å². The third kappa shape index (κ3) is 2.64. The standard InChI is InChI=1S/C12H13BrN2O2S/c1-7-11(8(2)17-14-7)12(16)15(3)5-10-4-9(13)6-18-10/h4,6H,5H2,1-3H3. The molecule has 0 aromatic carbocycles. The van der Waals surface area contributed by atoms with Crippen LogP contribution >= 0.6 is 27.3 Å². The van der Waals surface area contributed by atoms with Gasteiger partial charge in [-0.2, -0.15) is 0 Å². The highest BCUT2D eigenvalue weighted by Gasteiger charge is 2.21. The molecule has 0 fully saturated rings. The molecule has 2 rings (SSSR count). The van der Waals surface area contributed by atoms with Crippen LogP contribution in [0.5, 0.6) is 0 Å². The predicted octanol–water partition coefficient (Wildman–Crippen LogP) is 3.39. The Bertz CT molecular complexity index is 557. The smallest absolute Gasteiger partial charge is 0.259 e. The highest BCUT2D eigenvalue weighted by atomic mass is 79.9. The van der Waals surface area contributed by atoms with E-state index >= 15 is 0 Å². The van der Waals surface area contributed by atoms with Gasteiger partial charge in [0.05, 0.1) is 12.2 Å². The lowest BCUT2D eigenvalue weighted by atomic mass is 10.2. The monoisotopic (exact) mass is 328 g/mol. The minimum Gasteiger partial charge on any atom is -0.361 e. The van der Waals surface area contributed by atoms with E-state index in [2.05, 4.69) is 21.1 Å². The molecule has 0 N–H and O–H groups in total. The third-order valence-corrected chi connectivity index (χ3v) is 4.29. The first kappa shape index (κ1) is 13.3. The van der Waals surface area contributed by atoms with Crippen LogP contribution in [0.2, 0.25) is 0 Å². The number of nitrogens with zero attached hydrogens (tertiary/aromatic N) is 2. The van der Waals surface area contributed by atoms with Crippen molar-refractivity contribution < 1.29 is 9.32 Å². The number of carbonyl (C=O) groups excluding carboxylic acids is 1. The first-order chi connectivity index (χ1) is 8.49. The van der Waals surface area contributed by atoms with Gasteiger partial charge in [0.1, 0.15) is 11.3 Å². The van der Waals surface area contributed by atoms with Crippen LogP contribution in [-0.4, -0.2) is 23.0 Å². The van der Waals surface area contributed by atoms with Crippen LogP contribution in [0.15, 0.2) is 20.4 Å². The van der Waals surface area contributed by atoms with Gasteiger partial charge in [-0.1, -0.05) is 5.16 Å². The van der Waals surface area contributed by atoms with Crippen LogP contribution < -0.4 is 0 Å². The van der Waals surface area contributed by atoms with Gasteiger partial charge in [-0.15, -0.1) is 11.3 Å². The highest BCUT2D eigenvalue weighted by molar-refractivity contribution is 9.10. The Hall–Kier alpha value is -1.14. The van der Waals surface area contributed by atoms with Crippen LogP contribution in [0, 0.1) is 13.8 Å². The van der Waals surface area contributed by atoms with Crippen molar-refractivity contribution in [1.82, 2.24) is 10.1 Å². The van der Waals surface area contributed by atoms with E-state index in [-0.39, 0.29) is 5.91 Å². The minimum atomic E-state index is -0.0595. The molecule has 2 heterocycles. The normalized spacial score (nSPS) is 10.7. The summed E-state index contributed by atoms with van der Waals surface area (Å²) in [4.78, 5) is 15.1. The molecule has 0 bridgehead atoms. The summed E-state index contributed by atoms with van der Waals surface area (Å²) in [7, 11) is 1.78. The summed E-state index contributed by atoms with van der Waals surface area (Å²) in [5, 5.41) is 5.81. The van der Waals surface area contributed by atoms with Gasteiger partial charge in [-0.25, -0.2) is 0 Å². The molecule has 0 radical (unpaired) electrons. The fourth-order valence-corrected chi connectivity index (χ4v) is 3.22. The number of aryl methyl sites for hydroxylation is 2. The lowest BCUT2D eigenvalue weighted by Gasteiger charge is -2.15. The van der Waals surface area contributed by atoms with E-state index in [1.165, 1.54) is 0 Å². The summed E-state index contributed by atoms with van der Waals surface area (Å²) in [5.74, 6) is 0.507. The number of carbonyl (C=O) groups is 1. The maximum Gasteiger partial charge on any atom is 0.259 e. The van der Waals surface area contributed by atoms with Crippen LogP contribution in [0.4, 0.5) is 0 Å². The molecular formula is C12H13BrN2O2S. The Morgan fingerprint density at radius 1 is 1.56 bits per heavy atom. The zero-order valence-corrected chi connectivity index (χ0v) is 12.8. The molecule has 96 valence electrons. The van der Waals surface area contributed by atoms with E-state index in [1.807, 2.05) is 11.4 Å². The van der Waals surface area contributed by atoms with Crippen molar-refractivity contribution in [1.29, 1.82) is 0 Å². The van der Waals surface area contributed by atoms with Crippen molar-refractivity contribution in [2.24, 2.45) is 0 Å². The third-order valence-electron chi connectivity index (χ3n) is 2.61. The Morgan fingerprint density at radius 2 is 2.28 bits per heavy atom. The number of hydrogen-bond donors (Lipinski definition) is 0. The number of thiophene rings is 1. The van der Waals surface area contributed by atoms with E-state index < -0.39 is 0 Å². The molecular weight excluding hydrogens is 316 g/mol. The maximum atomic E-state index is 12.3. The molecule has 4 nitrogen and oxygen atoms in total. The van der Waals surface area contributed by atoms with E-state index in [0.29, 0.717) is 23.6 Å². The molecule has 0 aliphatic carbocycles. The largest absolute Gasteiger partial charge is 0.361 e. The second-order valence-corrected chi connectivity index (χ2v) is 6.00. The van der Waals surface area contributed by atoms with E-state index in [0.717, 1.165) is 9.35 Å². The van der Waals surface area contributed by atoms with Gasteiger partial charge in [0.15, 0.2) is 0 Å². The van der Waals surface area contributed by atoms with Gasteiger partial charge < -0.3 is 9.42 Å². The minimum absolute atomic E-state index is 0.0595.